The van der Waals surface area contributed by atoms with E-state index in [-0.39, 0.29) is 18.5 Å². The number of hydrogen-bond acceptors (Lipinski definition) is 4. The van der Waals surface area contributed by atoms with Crippen LogP contribution in [0.4, 0.5) is 5.69 Å². The number of aryl methyl sites for hydroxylation is 2. The largest absolute Gasteiger partial charge is 0.325 e. The molecule has 0 spiro atoms. The van der Waals surface area contributed by atoms with Crippen LogP contribution in [0.3, 0.4) is 0 Å². The van der Waals surface area contributed by atoms with Crippen molar-refractivity contribution in [1.82, 2.24) is 10.3 Å². The van der Waals surface area contributed by atoms with Gasteiger partial charge >= 0.3 is 0 Å². The van der Waals surface area contributed by atoms with Crippen LogP contribution < -0.4 is 10.6 Å². The fourth-order valence-electron chi connectivity index (χ4n) is 1.86. The lowest BCUT2D eigenvalue weighted by Gasteiger charge is -2.11. The molecule has 0 radical (unpaired) electrons. The van der Waals surface area contributed by atoms with Crippen molar-refractivity contribution in [1.29, 1.82) is 0 Å². The molecular formula is C16H21N3OS. The lowest BCUT2D eigenvalue weighted by atomic mass is 10.2. The minimum atomic E-state index is -0.0435. The van der Waals surface area contributed by atoms with Crippen molar-refractivity contribution in [2.75, 3.05) is 11.9 Å². The summed E-state index contributed by atoms with van der Waals surface area (Å²) in [4.78, 5) is 17.6. The molecular weight excluding hydrogens is 282 g/mol. The minimum Gasteiger partial charge on any atom is -0.325 e. The Kier molecular flexibility index (Phi) is 5.47. The first-order chi connectivity index (χ1) is 10.1. The third-order valence-electron chi connectivity index (χ3n) is 3.19. The Morgan fingerprint density at radius 2 is 2.05 bits per heavy atom. The summed E-state index contributed by atoms with van der Waals surface area (Å²) in [6.07, 6.45) is 2.91. The van der Waals surface area contributed by atoms with Crippen molar-refractivity contribution in [3.63, 3.8) is 0 Å². The number of carbonyl (C=O) groups is 1. The zero-order chi connectivity index (χ0) is 15.2. The summed E-state index contributed by atoms with van der Waals surface area (Å²) in [5, 5.41) is 7.10. The quantitative estimate of drug-likeness (QED) is 0.861. The van der Waals surface area contributed by atoms with Crippen LogP contribution in [-0.4, -0.2) is 17.4 Å². The van der Waals surface area contributed by atoms with Crippen molar-refractivity contribution in [2.24, 2.45) is 0 Å². The van der Waals surface area contributed by atoms with Crippen LogP contribution in [-0.2, 0) is 11.2 Å². The summed E-state index contributed by atoms with van der Waals surface area (Å²) in [7, 11) is 0. The summed E-state index contributed by atoms with van der Waals surface area (Å²) in [5.41, 5.74) is 2.00. The molecule has 1 amide bonds. The molecule has 1 aromatic carbocycles. The summed E-state index contributed by atoms with van der Waals surface area (Å²) in [5.74, 6) is -0.0435. The van der Waals surface area contributed by atoms with Gasteiger partial charge in [0.1, 0.15) is 5.01 Å². The normalized spacial score (nSPS) is 12.1. The lowest BCUT2D eigenvalue weighted by molar-refractivity contribution is -0.115. The van der Waals surface area contributed by atoms with Gasteiger partial charge in [-0.25, -0.2) is 4.98 Å². The molecule has 0 saturated heterocycles. The van der Waals surface area contributed by atoms with Crippen LogP contribution in [0.5, 0.6) is 0 Å². The third kappa shape index (κ3) is 4.65. The van der Waals surface area contributed by atoms with Gasteiger partial charge in [0.05, 0.1) is 12.6 Å². The number of nitrogens with one attached hydrogen (secondary N) is 2. The van der Waals surface area contributed by atoms with E-state index in [1.54, 1.807) is 11.3 Å². The molecule has 1 unspecified atom stereocenters. The van der Waals surface area contributed by atoms with Gasteiger partial charge in [0.15, 0.2) is 0 Å². The molecule has 0 aliphatic carbocycles. The van der Waals surface area contributed by atoms with E-state index in [0.29, 0.717) is 0 Å². The van der Waals surface area contributed by atoms with Gasteiger partial charge in [-0.2, -0.15) is 0 Å². The van der Waals surface area contributed by atoms with Crippen molar-refractivity contribution in [2.45, 2.75) is 33.2 Å². The molecule has 0 aliphatic heterocycles. The molecule has 2 N–H and O–H groups in total. The van der Waals surface area contributed by atoms with E-state index in [1.807, 2.05) is 44.3 Å². The maximum absolute atomic E-state index is 11.9. The highest BCUT2D eigenvalue weighted by atomic mass is 32.1. The van der Waals surface area contributed by atoms with Crippen LogP contribution in [0.15, 0.2) is 30.5 Å². The summed E-state index contributed by atoms with van der Waals surface area (Å²) in [6.45, 7) is 6.44. The van der Waals surface area contributed by atoms with Gasteiger partial charge in [-0.3, -0.25) is 10.1 Å². The highest BCUT2D eigenvalue weighted by Crippen LogP contribution is 2.20. The topological polar surface area (TPSA) is 54.0 Å². The number of benzene rings is 1. The van der Waals surface area contributed by atoms with E-state index < -0.39 is 0 Å². The highest BCUT2D eigenvalue weighted by molar-refractivity contribution is 7.11. The number of aromatic nitrogens is 1. The van der Waals surface area contributed by atoms with Crippen molar-refractivity contribution < 1.29 is 4.79 Å². The number of anilines is 1. The SMILES string of the molecule is CCc1cnc(C(C)NCC(=O)Nc2ccc(C)cc2)s1. The molecule has 2 aromatic rings. The number of thiazole rings is 1. The fourth-order valence-corrected chi connectivity index (χ4v) is 2.75. The summed E-state index contributed by atoms with van der Waals surface area (Å²) >= 11 is 1.69. The Labute approximate surface area is 129 Å². The molecule has 0 aliphatic rings. The predicted molar refractivity (Wildman–Crippen MR) is 87.7 cm³/mol. The van der Waals surface area contributed by atoms with E-state index in [0.717, 1.165) is 17.1 Å². The van der Waals surface area contributed by atoms with E-state index in [2.05, 4.69) is 22.5 Å². The van der Waals surface area contributed by atoms with Crippen molar-refractivity contribution >= 4 is 22.9 Å². The molecule has 0 fully saturated rings. The standard InChI is InChI=1S/C16H21N3OS/c1-4-14-9-18-16(21-14)12(3)17-10-15(20)19-13-7-5-11(2)6-8-13/h5-9,12,17H,4,10H2,1-3H3,(H,19,20). The molecule has 0 bridgehead atoms. The summed E-state index contributed by atoms with van der Waals surface area (Å²) < 4.78 is 0. The first kappa shape index (κ1) is 15.7. The van der Waals surface area contributed by atoms with Gasteiger partial charge in [0.25, 0.3) is 0 Å². The second-order valence-corrected chi connectivity index (χ2v) is 6.18. The molecule has 1 aromatic heterocycles. The Balaban J connectivity index is 1.81. The average Bonchev–Trinajstić information content (AvgIpc) is 2.96. The Hall–Kier alpha value is -1.72. The third-order valence-corrected chi connectivity index (χ3v) is 4.52. The first-order valence-electron chi connectivity index (χ1n) is 7.13. The van der Waals surface area contributed by atoms with E-state index >= 15 is 0 Å². The number of rotatable bonds is 6. The van der Waals surface area contributed by atoms with Gasteiger partial charge in [-0.15, -0.1) is 11.3 Å². The van der Waals surface area contributed by atoms with E-state index in [1.165, 1.54) is 10.4 Å². The minimum absolute atomic E-state index is 0.0435. The van der Waals surface area contributed by atoms with Crippen LogP contribution in [0.2, 0.25) is 0 Å². The van der Waals surface area contributed by atoms with Crippen LogP contribution in [0.25, 0.3) is 0 Å². The second kappa shape index (κ2) is 7.33. The first-order valence-corrected chi connectivity index (χ1v) is 7.94. The zero-order valence-corrected chi connectivity index (χ0v) is 13.5. The van der Waals surface area contributed by atoms with Gasteiger partial charge < -0.3 is 5.32 Å². The predicted octanol–water partition coefficient (Wildman–Crippen LogP) is 3.30. The maximum atomic E-state index is 11.9. The molecule has 5 heteroatoms. The van der Waals surface area contributed by atoms with Crippen LogP contribution >= 0.6 is 11.3 Å². The number of amides is 1. The Morgan fingerprint density at radius 1 is 1.33 bits per heavy atom. The van der Waals surface area contributed by atoms with Gasteiger partial charge in [-0.05, 0) is 32.4 Å². The second-order valence-electron chi connectivity index (χ2n) is 5.04. The molecule has 1 heterocycles. The molecule has 21 heavy (non-hydrogen) atoms. The molecule has 2 rings (SSSR count). The van der Waals surface area contributed by atoms with E-state index in [4.69, 9.17) is 0 Å². The molecule has 1 atom stereocenters. The molecule has 112 valence electrons. The average molecular weight is 303 g/mol. The molecule has 4 nitrogen and oxygen atoms in total. The van der Waals surface area contributed by atoms with Gasteiger partial charge in [0, 0.05) is 16.8 Å². The van der Waals surface area contributed by atoms with Crippen LogP contribution in [0.1, 0.15) is 35.3 Å². The Morgan fingerprint density at radius 3 is 2.67 bits per heavy atom. The molecule has 0 saturated carbocycles. The fraction of sp³-hybridized carbons (Fsp3) is 0.375. The van der Waals surface area contributed by atoms with Gasteiger partial charge in [-0.1, -0.05) is 24.6 Å². The number of hydrogen-bond donors (Lipinski definition) is 2. The van der Waals surface area contributed by atoms with Crippen molar-refractivity contribution in [3.8, 4) is 0 Å². The lowest BCUT2D eigenvalue weighted by Crippen LogP contribution is -2.30. The zero-order valence-electron chi connectivity index (χ0n) is 12.6. The van der Waals surface area contributed by atoms with Crippen LogP contribution in [0, 0.1) is 6.92 Å². The number of carbonyl (C=O) groups excluding carboxylic acids is 1. The monoisotopic (exact) mass is 303 g/mol. The maximum Gasteiger partial charge on any atom is 0.238 e. The Bertz CT molecular complexity index is 592. The summed E-state index contributed by atoms with van der Waals surface area (Å²) in [6, 6.07) is 7.86. The van der Waals surface area contributed by atoms with E-state index in [9.17, 15) is 4.79 Å². The smallest absolute Gasteiger partial charge is 0.238 e. The highest BCUT2D eigenvalue weighted by Gasteiger charge is 2.11. The number of nitrogens with zero attached hydrogens (tertiary/aromatic N) is 1. The van der Waals surface area contributed by atoms with Gasteiger partial charge in [0.2, 0.25) is 5.91 Å². The van der Waals surface area contributed by atoms with Crippen molar-refractivity contribution in [3.05, 3.63) is 45.9 Å².